The van der Waals surface area contributed by atoms with Gasteiger partial charge in [-0.3, -0.25) is 0 Å². The SMILES string of the molecule is CCC(C)N(CC)CCC1CCCC1(CO)NC1CC1. The van der Waals surface area contributed by atoms with Gasteiger partial charge in [-0.25, -0.2) is 0 Å². The molecule has 0 spiro atoms. The minimum Gasteiger partial charge on any atom is -0.394 e. The van der Waals surface area contributed by atoms with Gasteiger partial charge in [-0.05, 0) is 64.5 Å². The Bertz CT molecular complexity index is 293. The van der Waals surface area contributed by atoms with Gasteiger partial charge < -0.3 is 15.3 Å². The Morgan fingerprint density at radius 3 is 2.60 bits per heavy atom. The molecule has 0 aromatic rings. The summed E-state index contributed by atoms with van der Waals surface area (Å²) in [5, 5.41) is 13.7. The zero-order valence-electron chi connectivity index (χ0n) is 13.7. The number of aliphatic hydroxyl groups is 1. The lowest BCUT2D eigenvalue weighted by Gasteiger charge is -2.37. The molecular formula is C17H34N2O. The molecule has 0 aromatic carbocycles. The Labute approximate surface area is 125 Å². The number of nitrogens with one attached hydrogen (secondary N) is 1. The van der Waals surface area contributed by atoms with Gasteiger partial charge in [0.1, 0.15) is 0 Å². The fourth-order valence-corrected chi connectivity index (χ4v) is 3.91. The van der Waals surface area contributed by atoms with E-state index in [0.717, 1.165) is 6.54 Å². The molecule has 2 saturated carbocycles. The van der Waals surface area contributed by atoms with Crippen molar-refractivity contribution in [1.82, 2.24) is 10.2 Å². The van der Waals surface area contributed by atoms with Crippen molar-refractivity contribution >= 4 is 0 Å². The maximum Gasteiger partial charge on any atom is 0.0616 e. The summed E-state index contributed by atoms with van der Waals surface area (Å²) < 4.78 is 0. The molecule has 2 fully saturated rings. The fourth-order valence-electron chi connectivity index (χ4n) is 3.91. The molecule has 0 aromatic heterocycles. The lowest BCUT2D eigenvalue weighted by atomic mass is 9.84. The van der Waals surface area contributed by atoms with Gasteiger partial charge in [0, 0.05) is 17.6 Å². The summed E-state index contributed by atoms with van der Waals surface area (Å²) >= 11 is 0. The molecular weight excluding hydrogens is 248 g/mol. The van der Waals surface area contributed by atoms with E-state index >= 15 is 0 Å². The van der Waals surface area contributed by atoms with Gasteiger partial charge in [0.05, 0.1) is 6.61 Å². The normalized spacial score (nSPS) is 31.9. The van der Waals surface area contributed by atoms with Crippen LogP contribution in [0.15, 0.2) is 0 Å². The number of hydrogen-bond acceptors (Lipinski definition) is 3. The summed E-state index contributed by atoms with van der Waals surface area (Å²) in [7, 11) is 0. The predicted octanol–water partition coefficient (Wildman–Crippen LogP) is 2.78. The fraction of sp³-hybridized carbons (Fsp3) is 1.00. The summed E-state index contributed by atoms with van der Waals surface area (Å²) in [4.78, 5) is 2.59. The Balaban J connectivity index is 1.89. The van der Waals surface area contributed by atoms with Gasteiger partial charge in [-0.15, -0.1) is 0 Å². The first-order valence-corrected chi connectivity index (χ1v) is 8.77. The highest BCUT2D eigenvalue weighted by Gasteiger charge is 2.44. The van der Waals surface area contributed by atoms with Crippen LogP contribution in [-0.2, 0) is 0 Å². The third kappa shape index (κ3) is 3.75. The summed E-state index contributed by atoms with van der Waals surface area (Å²) in [6, 6.07) is 1.38. The average molecular weight is 282 g/mol. The topological polar surface area (TPSA) is 35.5 Å². The van der Waals surface area contributed by atoms with E-state index in [4.69, 9.17) is 0 Å². The van der Waals surface area contributed by atoms with Crippen molar-refractivity contribution in [2.45, 2.75) is 83.3 Å². The van der Waals surface area contributed by atoms with Gasteiger partial charge in [0.15, 0.2) is 0 Å². The van der Waals surface area contributed by atoms with Crippen LogP contribution in [0.2, 0.25) is 0 Å². The van der Waals surface area contributed by atoms with Crippen LogP contribution in [0.25, 0.3) is 0 Å². The van der Waals surface area contributed by atoms with Crippen molar-refractivity contribution in [3.63, 3.8) is 0 Å². The first-order valence-electron chi connectivity index (χ1n) is 8.77. The molecule has 2 rings (SSSR count). The number of aliphatic hydroxyl groups excluding tert-OH is 1. The molecule has 3 unspecified atom stereocenters. The van der Waals surface area contributed by atoms with E-state index in [-0.39, 0.29) is 5.54 Å². The van der Waals surface area contributed by atoms with Crippen LogP contribution in [0.1, 0.15) is 65.7 Å². The third-order valence-corrected chi connectivity index (χ3v) is 5.69. The van der Waals surface area contributed by atoms with Crippen molar-refractivity contribution in [2.24, 2.45) is 5.92 Å². The molecule has 3 atom stereocenters. The smallest absolute Gasteiger partial charge is 0.0616 e. The van der Waals surface area contributed by atoms with Crippen LogP contribution in [0.4, 0.5) is 0 Å². The summed E-state index contributed by atoms with van der Waals surface area (Å²) in [6.07, 6.45) is 8.81. The zero-order chi connectivity index (χ0) is 14.6. The highest BCUT2D eigenvalue weighted by atomic mass is 16.3. The third-order valence-electron chi connectivity index (χ3n) is 5.69. The number of rotatable bonds is 9. The predicted molar refractivity (Wildman–Crippen MR) is 84.9 cm³/mol. The molecule has 118 valence electrons. The van der Waals surface area contributed by atoms with E-state index in [9.17, 15) is 5.11 Å². The second kappa shape index (κ2) is 7.24. The van der Waals surface area contributed by atoms with E-state index in [1.54, 1.807) is 0 Å². The van der Waals surface area contributed by atoms with Gasteiger partial charge in [0.2, 0.25) is 0 Å². The van der Waals surface area contributed by atoms with Crippen LogP contribution in [0, 0.1) is 5.92 Å². The minimum absolute atomic E-state index is 0.0377. The minimum atomic E-state index is 0.0377. The standard InChI is InChI=1S/C17H34N2O/c1-4-14(3)19(5-2)12-10-15-7-6-11-17(15,13-20)18-16-8-9-16/h14-16,18,20H,4-13H2,1-3H3. The van der Waals surface area contributed by atoms with Crippen molar-refractivity contribution in [3.05, 3.63) is 0 Å². The molecule has 0 amide bonds. The van der Waals surface area contributed by atoms with Crippen LogP contribution in [0.3, 0.4) is 0 Å². The van der Waals surface area contributed by atoms with Gasteiger partial charge >= 0.3 is 0 Å². The molecule has 2 N–H and O–H groups in total. The van der Waals surface area contributed by atoms with Crippen molar-refractivity contribution in [3.8, 4) is 0 Å². The summed E-state index contributed by atoms with van der Waals surface area (Å²) in [5.74, 6) is 0.659. The monoisotopic (exact) mass is 282 g/mol. The molecule has 0 radical (unpaired) electrons. The first kappa shape index (κ1) is 16.3. The number of hydrogen-bond donors (Lipinski definition) is 2. The van der Waals surface area contributed by atoms with Crippen LogP contribution in [0.5, 0.6) is 0 Å². The molecule has 0 heterocycles. The molecule has 0 aliphatic heterocycles. The van der Waals surface area contributed by atoms with E-state index in [1.807, 2.05) is 0 Å². The average Bonchev–Trinajstić information content (AvgIpc) is 3.19. The van der Waals surface area contributed by atoms with Gasteiger partial charge in [-0.1, -0.05) is 20.3 Å². The lowest BCUT2D eigenvalue weighted by molar-refractivity contribution is 0.104. The van der Waals surface area contributed by atoms with Crippen LogP contribution in [-0.4, -0.2) is 47.3 Å². The molecule has 0 saturated heterocycles. The maximum atomic E-state index is 9.97. The van der Waals surface area contributed by atoms with Gasteiger partial charge in [-0.2, -0.15) is 0 Å². The quantitative estimate of drug-likeness (QED) is 0.682. The highest BCUT2D eigenvalue weighted by Crippen LogP contribution is 2.40. The van der Waals surface area contributed by atoms with E-state index < -0.39 is 0 Å². The Kier molecular flexibility index (Phi) is 5.88. The molecule has 3 heteroatoms. The first-order chi connectivity index (χ1) is 9.65. The van der Waals surface area contributed by atoms with Crippen molar-refractivity contribution < 1.29 is 5.11 Å². The van der Waals surface area contributed by atoms with E-state index in [2.05, 4.69) is 31.0 Å². The Morgan fingerprint density at radius 2 is 2.05 bits per heavy atom. The molecule has 20 heavy (non-hydrogen) atoms. The van der Waals surface area contributed by atoms with E-state index in [1.165, 1.54) is 51.5 Å². The lowest BCUT2D eigenvalue weighted by Crippen LogP contribution is -2.53. The molecule has 3 nitrogen and oxygen atoms in total. The Morgan fingerprint density at radius 1 is 1.30 bits per heavy atom. The van der Waals surface area contributed by atoms with Crippen molar-refractivity contribution in [1.29, 1.82) is 0 Å². The van der Waals surface area contributed by atoms with Crippen molar-refractivity contribution in [2.75, 3.05) is 19.7 Å². The van der Waals surface area contributed by atoms with Gasteiger partial charge in [0.25, 0.3) is 0 Å². The second-order valence-electron chi connectivity index (χ2n) is 7.00. The molecule has 2 aliphatic rings. The summed E-state index contributed by atoms with van der Waals surface area (Å²) in [5.41, 5.74) is 0.0377. The zero-order valence-corrected chi connectivity index (χ0v) is 13.7. The summed E-state index contributed by atoms with van der Waals surface area (Å²) in [6.45, 7) is 9.52. The van der Waals surface area contributed by atoms with Crippen LogP contribution >= 0.6 is 0 Å². The molecule has 2 aliphatic carbocycles. The Hall–Kier alpha value is -0.120. The molecule has 0 bridgehead atoms. The maximum absolute atomic E-state index is 9.97. The van der Waals surface area contributed by atoms with E-state index in [0.29, 0.717) is 24.6 Å². The highest BCUT2D eigenvalue weighted by molar-refractivity contribution is 5.03. The number of nitrogens with zero attached hydrogens (tertiary/aromatic N) is 1. The van der Waals surface area contributed by atoms with Crippen LogP contribution < -0.4 is 5.32 Å². The largest absolute Gasteiger partial charge is 0.394 e. The second-order valence-corrected chi connectivity index (χ2v) is 7.00.